The minimum atomic E-state index is -3.74. The predicted molar refractivity (Wildman–Crippen MR) is 75.0 cm³/mol. The molecule has 0 atom stereocenters. The molecule has 0 aliphatic carbocycles. The van der Waals surface area contributed by atoms with Crippen LogP contribution in [0.15, 0.2) is 23.1 Å². The number of sulfonamides is 1. The van der Waals surface area contributed by atoms with Gasteiger partial charge >= 0.3 is 0 Å². The van der Waals surface area contributed by atoms with E-state index < -0.39 is 15.8 Å². The van der Waals surface area contributed by atoms with Gasteiger partial charge in [-0.15, -0.1) is 0 Å². The van der Waals surface area contributed by atoms with E-state index in [0.29, 0.717) is 0 Å². The molecule has 1 aromatic carbocycles. The van der Waals surface area contributed by atoms with Gasteiger partial charge < -0.3 is 5.11 Å². The van der Waals surface area contributed by atoms with E-state index in [2.05, 4.69) is 16.6 Å². The third-order valence-electron chi connectivity index (χ3n) is 2.35. The summed E-state index contributed by atoms with van der Waals surface area (Å²) in [5.41, 5.74) is -0.160. The molecule has 20 heavy (non-hydrogen) atoms. The molecule has 0 spiro atoms. The molecule has 0 unspecified atom stereocenters. The van der Waals surface area contributed by atoms with Crippen LogP contribution < -0.4 is 4.72 Å². The molecule has 6 heteroatoms. The molecule has 110 valence electrons. The number of hydrogen-bond donors (Lipinski definition) is 2. The number of aliphatic hydroxyl groups is 1. The van der Waals surface area contributed by atoms with Crippen LogP contribution in [0, 0.1) is 23.1 Å². The Morgan fingerprint density at radius 1 is 1.35 bits per heavy atom. The van der Waals surface area contributed by atoms with Crippen molar-refractivity contribution in [1.29, 1.82) is 0 Å². The molecule has 0 aliphatic heterocycles. The Morgan fingerprint density at radius 3 is 2.50 bits per heavy atom. The average Bonchev–Trinajstić information content (AvgIpc) is 2.34. The molecule has 0 saturated heterocycles. The number of rotatable bonds is 3. The quantitative estimate of drug-likeness (QED) is 0.831. The maximum absolute atomic E-state index is 13.7. The maximum Gasteiger partial charge on any atom is 0.240 e. The van der Waals surface area contributed by atoms with Gasteiger partial charge in [-0.05, 0) is 23.6 Å². The molecule has 2 N–H and O–H groups in total. The Bertz CT molecular complexity index is 637. The summed E-state index contributed by atoms with van der Waals surface area (Å²) in [7, 11) is -3.74. The van der Waals surface area contributed by atoms with E-state index in [1.807, 2.05) is 20.8 Å². The minimum absolute atomic E-state index is 0.0498. The number of benzene rings is 1. The van der Waals surface area contributed by atoms with Gasteiger partial charge in [0.25, 0.3) is 0 Å². The second-order valence-corrected chi connectivity index (χ2v) is 7.25. The molecule has 0 amide bonds. The zero-order valence-corrected chi connectivity index (χ0v) is 12.5. The van der Waals surface area contributed by atoms with Crippen molar-refractivity contribution in [2.45, 2.75) is 25.7 Å². The fraction of sp³-hybridized carbons (Fsp3) is 0.429. The minimum Gasteiger partial charge on any atom is -0.384 e. The van der Waals surface area contributed by atoms with Crippen LogP contribution in [0.3, 0.4) is 0 Å². The third kappa shape index (κ3) is 4.93. The van der Waals surface area contributed by atoms with Crippen molar-refractivity contribution in [3.63, 3.8) is 0 Å². The Balaban J connectivity index is 3.00. The lowest BCUT2D eigenvalue weighted by Crippen LogP contribution is -2.32. The summed E-state index contributed by atoms with van der Waals surface area (Å²) < 4.78 is 40.1. The van der Waals surface area contributed by atoms with Crippen LogP contribution in [0.4, 0.5) is 4.39 Å². The molecule has 1 aromatic rings. The van der Waals surface area contributed by atoms with Gasteiger partial charge in [-0.3, -0.25) is 0 Å². The van der Waals surface area contributed by atoms with Crippen LogP contribution in [0.5, 0.6) is 0 Å². The first-order valence-electron chi connectivity index (χ1n) is 6.05. The maximum atomic E-state index is 13.7. The molecule has 0 saturated carbocycles. The largest absolute Gasteiger partial charge is 0.384 e. The first-order valence-corrected chi connectivity index (χ1v) is 7.53. The van der Waals surface area contributed by atoms with Gasteiger partial charge in [-0.25, -0.2) is 17.5 Å². The van der Waals surface area contributed by atoms with Crippen LogP contribution in [-0.2, 0) is 10.0 Å². The summed E-state index contributed by atoms with van der Waals surface area (Å²) in [6, 6.07) is 3.49. The zero-order chi connectivity index (χ0) is 15.4. The standard InChI is InChI=1S/C14H18FNO3S/c1-14(2,3)10-16-20(18,19)12-7-6-11(5-4-8-17)13(15)9-12/h6-7,9,16-17H,8,10H2,1-3H3. The van der Waals surface area contributed by atoms with E-state index in [1.165, 1.54) is 12.1 Å². The highest BCUT2D eigenvalue weighted by atomic mass is 32.2. The second kappa shape index (κ2) is 6.35. The van der Waals surface area contributed by atoms with Gasteiger partial charge in [0.15, 0.2) is 0 Å². The number of nitrogens with one attached hydrogen (secondary N) is 1. The first-order chi connectivity index (χ1) is 9.15. The fourth-order valence-corrected chi connectivity index (χ4v) is 2.59. The molecule has 0 fully saturated rings. The highest BCUT2D eigenvalue weighted by molar-refractivity contribution is 7.89. The van der Waals surface area contributed by atoms with Crippen molar-refractivity contribution in [3.8, 4) is 11.8 Å². The number of halogens is 1. The number of hydrogen-bond acceptors (Lipinski definition) is 3. The highest BCUT2D eigenvalue weighted by Crippen LogP contribution is 2.16. The molecule has 0 radical (unpaired) electrons. The van der Waals surface area contributed by atoms with Gasteiger partial charge in [-0.1, -0.05) is 32.6 Å². The number of aliphatic hydroxyl groups excluding tert-OH is 1. The van der Waals surface area contributed by atoms with E-state index in [0.717, 1.165) is 6.07 Å². The Hall–Kier alpha value is -1.42. The van der Waals surface area contributed by atoms with Crippen molar-refractivity contribution in [2.24, 2.45) is 5.41 Å². The summed E-state index contributed by atoms with van der Waals surface area (Å²) in [6.45, 7) is 5.55. The van der Waals surface area contributed by atoms with Crippen molar-refractivity contribution in [2.75, 3.05) is 13.2 Å². The fourth-order valence-electron chi connectivity index (χ4n) is 1.29. The van der Waals surface area contributed by atoms with Crippen molar-refractivity contribution < 1.29 is 17.9 Å². The topological polar surface area (TPSA) is 66.4 Å². The summed E-state index contributed by atoms with van der Waals surface area (Å²) in [4.78, 5) is -0.145. The van der Waals surface area contributed by atoms with Crippen LogP contribution in [0.2, 0.25) is 0 Å². The Kier molecular flexibility index (Phi) is 5.28. The second-order valence-electron chi connectivity index (χ2n) is 5.49. The SMILES string of the molecule is CC(C)(C)CNS(=O)(=O)c1ccc(C#CCO)c(F)c1. The Morgan fingerprint density at radius 2 is 2.00 bits per heavy atom. The van der Waals surface area contributed by atoms with E-state index >= 15 is 0 Å². The highest BCUT2D eigenvalue weighted by Gasteiger charge is 2.19. The van der Waals surface area contributed by atoms with Gasteiger partial charge in [0.05, 0.1) is 10.5 Å². The molecule has 1 rings (SSSR count). The van der Waals surface area contributed by atoms with E-state index in [-0.39, 0.29) is 29.0 Å². The van der Waals surface area contributed by atoms with Gasteiger partial charge in [0, 0.05) is 6.54 Å². The normalized spacial score (nSPS) is 11.8. The van der Waals surface area contributed by atoms with Crippen LogP contribution >= 0.6 is 0 Å². The lowest BCUT2D eigenvalue weighted by molar-refractivity contribution is 0.350. The van der Waals surface area contributed by atoms with Crippen LogP contribution in [-0.4, -0.2) is 26.7 Å². The summed E-state index contributed by atoms with van der Waals surface area (Å²) in [5, 5.41) is 8.55. The smallest absolute Gasteiger partial charge is 0.240 e. The van der Waals surface area contributed by atoms with E-state index in [4.69, 9.17) is 5.11 Å². The van der Waals surface area contributed by atoms with Gasteiger partial charge in [0.1, 0.15) is 12.4 Å². The average molecular weight is 299 g/mol. The summed E-state index contributed by atoms with van der Waals surface area (Å²) in [6.07, 6.45) is 0. The van der Waals surface area contributed by atoms with Crippen molar-refractivity contribution >= 4 is 10.0 Å². The van der Waals surface area contributed by atoms with Gasteiger partial charge in [-0.2, -0.15) is 0 Å². The predicted octanol–water partition coefficient (Wildman–Crippen LogP) is 1.49. The molecule has 4 nitrogen and oxygen atoms in total. The van der Waals surface area contributed by atoms with Crippen molar-refractivity contribution in [3.05, 3.63) is 29.6 Å². The molecule has 0 aliphatic rings. The van der Waals surface area contributed by atoms with Crippen molar-refractivity contribution in [1.82, 2.24) is 4.72 Å². The third-order valence-corrected chi connectivity index (χ3v) is 3.74. The van der Waals surface area contributed by atoms with Gasteiger partial charge in [0.2, 0.25) is 10.0 Å². The molecule has 0 bridgehead atoms. The van der Waals surface area contributed by atoms with Crippen LogP contribution in [0.25, 0.3) is 0 Å². The zero-order valence-electron chi connectivity index (χ0n) is 11.7. The first kappa shape index (κ1) is 16.6. The summed E-state index contributed by atoms with van der Waals surface area (Å²) in [5.74, 6) is 3.98. The molecular weight excluding hydrogens is 281 g/mol. The molecular formula is C14H18FNO3S. The Labute approximate surface area is 119 Å². The van der Waals surface area contributed by atoms with E-state index in [1.54, 1.807) is 0 Å². The monoisotopic (exact) mass is 299 g/mol. The van der Waals surface area contributed by atoms with E-state index in [9.17, 15) is 12.8 Å². The lowest BCUT2D eigenvalue weighted by Gasteiger charge is -2.18. The summed E-state index contributed by atoms with van der Waals surface area (Å²) >= 11 is 0. The molecule has 0 aromatic heterocycles. The van der Waals surface area contributed by atoms with Crippen LogP contribution in [0.1, 0.15) is 26.3 Å². The molecule has 0 heterocycles. The lowest BCUT2D eigenvalue weighted by atomic mass is 9.98.